The van der Waals surface area contributed by atoms with Crippen molar-refractivity contribution in [3.63, 3.8) is 0 Å². The third kappa shape index (κ3) is 4.06. The first-order chi connectivity index (χ1) is 14.9. The van der Waals surface area contributed by atoms with Crippen LogP contribution in [0.4, 0.5) is 10.7 Å². The second-order valence-electron chi connectivity index (χ2n) is 6.94. The van der Waals surface area contributed by atoms with Crippen molar-refractivity contribution in [1.82, 2.24) is 0 Å². The number of hydrogen-bond donors (Lipinski definition) is 1. The third-order valence-electron chi connectivity index (χ3n) is 5.07. The standard InChI is InChI=1S/C22H20N2O5S2/c1-29-22(26)18-12-14-30-21(18)23-20(25)16-8-10-17(11-9-16)31(27,28)24-13-4-6-15-5-2-3-7-19(15)24/h2-3,5,7-12,14H,4,6,13H2,1H3,(H,23,25). The SMILES string of the molecule is COC(=O)c1ccsc1NC(=O)c1ccc(S(=O)(=O)N2CCCc3ccccc32)cc1. The zero-order chi connectivity index (χ0) is 22.0. The van der Waals surface area contributed by atoms with E-state index in [0.717, 1.165) is 18.4 Å². The van der Waals surface area contributed by atoms with Crippen LogP contribution in [0.15, 0.2) is 64.9 Å². The number of anilines is 2. The Balaban J connectivity index is 1.55. The van der Waals surface area contributed by atoms with Gasteiger partial charge in [-0.15, -0.1) is 11.3 Å². The molecule has 2 aromatic carbocycles. The van der Waals surface area contributed by atoms with E-state index in [-0.39, 0.29) is 16.0 Å². The lowest BCUT2D eigenvalue weighted by Crippen LogP contribution is -2.35. The molecule has 3 aromatic rings. The summed E-state index contributed by atoms with van der Waals surface area (Å²) in [4.78, 5) is 24.5. The molecule has 1 amide bonds. The molecule has 0 aliphatic carbocycles. The molecule has 0 radical (unpaired) electrons. The van der Waals surface area contributed by atoms with Crippen molar-refractivity contribution in [3.8, 4) is 0 Å². The van der Waals surface area contributed by atoms with Gasteiger partial charge in [0.25, 0.3) is 15.9 Å². The molecule has 1 aliphatic heterocycles. The number of sulfonamides is 1. The molecule has 9 heteroatoms. The number of esters is 1. The number of benzene rings is 2. The zero-order valence-electron chi connectivity index (χ0n) is 16.7. The van der Waals surface area contributed by atoms with E-state index >= 15 is 0 Å². The highest BCUT2D eigenvalue weighted by Gasteiger charge is 2.29. The molecular weight excluding hydrogens is 436 g/mol. The van der Waals surface area contributed by atoms with Crippen molar-refractivity contribution in [2.45, 2.75) is 17.7 Å². The van der Waals surface area contributed by atoms with Crippen molar-refractivity contribution < 1.29 is 22.7 Å². The van der Waals surface area contributed by atoms with E-state index in [1.54, 1.807) is 11.4 Å². The van der Waals surface area contributed by atoms with Gasteiger partial charge in [-0.1, -0.05) is 18.2 Å². The zero-order valence-corrected chi connectivity index (χ0v) is 18.3. The van der Waals surface area contributed by atoms with Gasteiger partial charge in [0.2, 0.25) is 0 Å². The summed E-state index contributed by atoms with van der Waals surface area (Å²) < 4.78 is 32.6. The number of methoxy groups -OCH3 is 1. The van der Waals surface area contributed by atoms with Gasteiger partial charge in [-0.3, -0.25) is 9.10 Å². The summed E-state index contributed by atoms with van der Waals surface area (Å²) in [5, 5.41) is 4.72. The minimum Gasteiger partial charge on any atom is -0.465 e. The summed E-state index contributed by atoms with van der Waals surface area (Å²) in [5.41, 5.74) is 2.25. The molecule has 4 rings (SSSR count). The van der Waals surface area contributed by atoms with Gasteiger partial charge < -0.3 is 10.1 Å². The van der Waals surface area contributed by atoms with Crippen LogP contribution in [0.1, 0.15) is 32.7 Å². The fraction of sp³-hybridized carbons (Fsp3) is 0.182. The van der Waals surface area contributed by atoms with Crippen molar-refractivity contribution in [1.29, 1.82) is 0 Å². The number of aryl methyl sites for hydroxylation is 1. The van der Waals surface area contributed by atoms with Crippen molar-refractivity contribution >= 4 is 43.9 Å². The maximum absolute atomic E-state index is 13.2. The Morgan fingerprint density at radius 2 is 1.81 bits per heavy atom. The van der Waals surface area contributed by atoms with Gasteiger partial charge in [-0.05, 0) is 60.2 Å². The number of para-hydroxylation sites is 1. The highest BCUT2D eigenvalue weighted by atomic mass is 32.2. The Bertz CT molecular complexity index is 1230. The molecule has 1 aromatic heterocycles. The fourth-order valence-electron chi connectivity index (χ4n) is 3.51. The van der Waals surface area contributed by atoms with Crippen molar-refractivity contribution in [2.75, 3.05) is 23.3 Å². The number of carbonyl (C=O) groups is 2. The van der Waals surface area contributed by atoms with Crippen LogP contribution < -0.4 is 9.62 Å². The molecule has 0 bridgehead atoms. The van der Waals surface area contributed by atoms with E-state index in [1.165, 1.54) is 47.0 Å². The van der Waals surface area contributed by atoms with Crippen LogP contribution in [0, 0.1) is 0 Å². The molecule has 1 N–H and O–H groups in total. The highest BCUT2D eigenvalue weighted by Crippen LogP contribution is 2.32. The Morgan fingerprint density at radius 3 is 2.55 bits per heavy atom. The molecule has 0 unspecified atom stereocenters. The number of hydrogen-bond acceptors (Lipinski definition) is 6. The number of ether oxygens (including phenoxy) is 1. The molecule has 160 valence electrons. The number of fused-ring (bicyclic) bond motifs is 1. The maximum atomic E-state index is 13.2. The van der Waals surface area contributed by atoms with Gasteiger partial charge in [0.05, 0.1) is 23.3 Å². The topological polar surface area (TPSA) is 92.8 Å². The van der Waals surface area contributed by atoms with E-state index in [1.807, 2.05) is 24.3 Å². The quantitative estimate of drug-likeness (QED) is 0.587. The Labute approximate surface area is 184 Å². The van der Waals surface area contributed by atoms with Crippen LogP contribution in [-0.2, 0) is 21.2 Å². The van der Waals surface area contributed by atoms with Crippen LogP contribution in [0.3, 0.4) is 0 Å². The normalized spacial score (nSPS) is 13.4. The summed E-state index contributed by atoms with van der Waals surface area (Å²) in [6, 6.07) is 14.8. The summed E-state index contributed by atoms with van der Waals surface area (Å²) >= 11 is 1.20. The lowest BCUT2D eigenvalue weighted by atomic mass is 10.0. The molecule has 0 saturated heterocycles. The van der Waals surface area contributed by atoms with E-state index in [4.69, 9.17) is 4.74 Å². The van der Waals surface area contributed by atoms with Crippen molar-refractivity contribution in [2.24, 2.45) is 0 Å². The number of amides is 1. The van der Waals surface area contributed by atoms with Crippen LogP contribution >= 0.6 is 11.3 Å². The predicted molar refractivity (Wildman–Crippen MR) is 119 cm³/mol. The molecule has 0 saturated carbocycles. The second kappa shape index (κ2) is 8.52. The van der Waals surface area contributed by atoms with Crippen LogP contribution in [-0.4, -0.2) is 33.9 Å². The Morgan fingerprint density at radius 1 is 1.06 bits per heavy atom. The number of thiophene rings is 1. The second-order valence-corrected chi connectivity index (χ2v) is 9.72. The van der Waals surface area contributed by atoms with Crippen LogP contribution in [0.5, 0.6) is 0 Å². The minimum atomic E-state index is -3.75. The first-order valence-electron chi connectivity index (χ1n) is 9.59. The largest absolute Gasteiger partial charge is 0.465 e. The van der Waals surface area contributed by atoms with E-state index in [0.29, 0.717) is 17.2 Å². The summed E-state index contributed by atoms with van der Waals surface area (Å²) in [7, 11) is -2.48. The molecule has 0 spiro atoms. The van der Waals surface area contributed by atoms with Gasteiger partial charge in [0.1, 0.15) is 5.00 Å². The molecular formula is C22H20N2O5S2. The van der Waals surface area contributed by atoms with Crippen molar-refractivity contribution in [3.05, 3.63) is 76.7 Å². The number of rotatable bonds is 5. The van der Waals surface area contributed by atoms with Gasteiger partial charge in [-0.2, -0.15) is 0 Å². The molecule has 31 heavy (non-hydrogen) atoms. The Kier molecular flexibility index (Phi) is 5.79. The maximum Gasteiger partial charge on any atom is 0.340 e. The fourth-order valence-corrected chi connectivity index (χ4v) is 5.82. The smallest absolute Gasteiger partial charge is 0.340 e. The van der Waals surface area contributed by atoms with Crippen LogP contribution in [0.2, 0.25) is 0 Å². The molecule has 1 aliphatic rings. The van der Waals surface area contributed by atoms with Gasteiger partial charge in [0.15, 0.2) is 0 Å². The van der Waals surface area contributed by atoms with E-state index in [9.17, 15) is 18.0 Å². The molecule has 0 fully saturated rings. The summed E-state index contributed by atoms with van der Waals surface area (Å²) in [6.07, 6.45) is 1.59. The third-order valence-corrected chi connectivity index (χ3v) is 7.73. The number of nitrogens with one attached hydrogen (secondary N) is 1. The van der Waals surface area contributed by atoms with E-state index in [2.05, 4.69) is 5.32 Å². The van der Waals surface area contributed by atoms with Gasteiger partial charge >= 0.3 is 5.97 Å². The van der Waals surface area contributed by atoms with Crippen LogP contribution in [0.25, 0.3) is 0 Å². The molecule has 7 nitrogen and oxygen atoms in total. The molecule has 0 atom stereocenters. The predicted octanol–water partition coefficient (Wildman–Crippen LogP) is 3.93. The highest BCUT2D eigenvalue weighted by molar-refractivity contribution is 7.92. The average Bonchev–Trinajstić information content (AvgIpc) is 3.26. The van der Waals surface area contributed by atoms with Gasteiger partial charge in [-0.25, -0.2) is 13.2 Å². The first kappa shape index (κ1) is 21.1. The lowest BCUT2D eigenvalue weighted by Gasteiger charge is -2.30. The van der Waals surface area contributed by atoms with Gasteiger partial charge in [0, 0.05) is 12.1 Å². The average molecular weight is 457 g/mol. The van der Waals surface area contributed by atoms with E-state index < -0.39 is 21.9 Å². The monoisotopic (exact) mass is 456 g/mol. The number of nitrogens with zero attached hydrogens (tertiary/aromatic N) is 1. The number of carbonyl (C=O) groups excluding carboxylic acids is 2. The summed E-state index contributed by atoms with van der Waals surface area (Å²) in [6.45, 7) is 0.413. The minimum absolute atomic E-state index is 0.118. The Hall–Kier alpha value is -3.17. The first-order valence-corrected chi connectivity index (χ1v) is 11.9. The lowest BCUT2D eigenvalue weighted by molar-refractivity contribution is 0.0602. The summed E-state index contributed by atoms with van der Waals surface area (Å²) in [5.74, 6) is -0.986. The molecule has 2 heterocycles.